The van der Waals surface area contributed by atoms with Gasteiger partial charge < -0.3 is 14.2 Å². The first kappa shape index (κ1) is 70.1. The fraction of sp³-hybridized carbons (Fsp3) is 0.691. The van der Waals surface area contributed by atoms with Crippen LogP contribution in [-0.4, -0.2) is 37.2 Å². The van der Waals surface area contributed by atoms with Gasteiger partial charge in [0.1, 0.15) is 13.2 Å². The summed E-state index contributed by atoms with van der Waals surface area (Å²) < 4.78 is 16.9. The van der Waals surface area contributed by atoms with E-state index in [1.54, 1.807) is 0 Å². The van der Waals surface area contributed by atoms with E-state index in [2.05, 4.69) is 130 Å². The lowest BCUT2D eigenvalue weighted by atomic mass is 10.1. The van der Waals surface area contributed by atoms with E-state index in [4.69, 9.17) is 14.2 Å². The first-order valence-corrected chi connectivity index (χ1v) is 30.9. The van der Waals surface area contributed by atoms with Gasteiger partial charge in [0.25, 0.3) is 0 Å². The first-order valence-electron chi connectivity index (χ1n) is 30.9. The molecule has 0 spiro atoms. The first-order chi connectivity index (χ1) is 36.5. The predicted molar refractivity (Wildman–Crippen MR) is 320 cm³/mol. The Morgan fingerprint density at radius 3 is 0.878 bits per heavy atom. The van der Waals surface area contributed by atoms with Crippen LogP contribution in [0, 0.1) is 0 Å². The molecule has 1 unspecified atom stereocenters. The third-order valence-corrected chi connectivity index (χ3v) is 13.0. The molecule has 0 aliphatic heterocycles. The van der Waals surface area contributed by atoms with Gasteiger partial charge in [-0.3, -0.25) is 14.4 Å². The molecule has 6 nitrogen and oxygen atoms in total. The van der Waals surface area contributed by atoms with Gasteiger partial charge in [0, 0.05) is 19.3 Å². The second-order valence-electron chi connectivity index (χ2n) is 20.2. The summed E-state index contributed by atoms with van der Waals surface area (Å²) >= 11 is 0. The number of ether oxygens (including phenoxy) is 3. The Hall–Kier alpha value is -3.93. The highest BCUT2D eigenvalue weighted by Gasteiger charge is 2.19. The zero-order valence-electron chi connectivity index (χ0n) is 48.3. The molecular weight excluding hydrogens is 913 g/mol. The lowest BCUT2D eigenvalue weighted by Gasteiger charge is -2.18. The Labute approximate surface area is 457 Å². The summed E-state index contributed by atoms with van der Waals surface area (Å²) in [6.07, 6.45) is 83.8. The fourth-order valence-electron chi connectivity index (χ4n) is 8.34. The number of carbonyl (C=O) groups is 3. The maximum Gasteiger partial charge on any atom is 0.306 e. The summed E-state index contributed by atoms with van der Waals surface area (Å²) in [5.74, 6) is -0.915. The van der Waals surface area contributed by atoms with E-state index >= 15 is 0 Å². The lowest BCUT2D eigenvalue weighted by Crippen LogP contribution is -2.30. The normalized spacial score (nSPS) is 12.9. The highest BCUT2D eigenvalue weighted by Crippen LogP contribution is 2.15. The minimum atomic E-state index is -0.792. The zero-order valence-corrected chi connectivity index (χ0v) is 48.3. The third kappa shape index (κ3) is 59.0. The average molecular weight is 1030 g/mol. The summed E-state index contributed by atoms with van der Waals surface area (Å²) in [6.45, 7) is 6.47. The summed E-state index contributed by atoms with van der Waals surface area (Å²) in [7, 11) is 0. The monoisotopic (exact) mass is 1030 g/mol. The largest absolute Gasteiger partial charge is 0.462 e. The standard InChI is InChI=1S/C68H114O6/c1-4-7-10-13-16-19-22-24-26-28-29-30-31-32-33-34-35-36-37-38-39-40-42-43-46-49-52-55-58-61-67(70)73-64-65(63-72-66(69)60-57-54-51-48-45-21-18-15-12-9-6-3)74-68(71)62-59-56-53-50-47-44-41-27-25-23-20-17-14-11-8-5-2/h7,10,15-16,18-19,24,26-27,29-30,32-33,35-36,38-39,41,65H,4-6,8-9,11-14,17,20-23,25,28,31,34,37,40,42-64H2,1-3H3/b10-7-,18-15-,19-16-,26-24-,30-29-,33-32-,36-35-,39-38-,41-27-. The number of carbonyl (C=O) groups excluding carboxylic acids is 3. The van der Waals surface area contributed by atoms with E-state index in [9.17, 15) is 14.4 Å². The maximum atomic E-state index is 12.9. The molecule has 0 aromatic heterocycles. The lowest BCUT2D eigenvalue weighted by molar-refractivity contribution is -0.167. The van der Waals surface area contributed by atoms with Gasteiger partial charge in [0.2, 0.25) is 0 Å². The average Bonchev–Trinajstić information content (AvgIpc) is 3.40. The number of esters is 3. The van der Waals surface area contributed by atoms with Crippen molar-refractivity contribution in [3.8, 4) is 0 Å². The van der Waals surface area contributed by atoms with Crippen molar-refractivity contribution >= 4 is 17.9 Å². The number of hydrogen-bond donors (Lipinski definition) is 0. The van der Waals surface area contributed by atoms with Gasteiger partial charge in [0.15, 0.2) is 6.10 Å². The van der Waals surface area contributed by atoms with Crippen LogP contribution >= 0.6 is 0 Å². The topological polar surface area (TPSA) is 78.9 Å². The molecule has 422 valence electrons. The Bertz CT molecular complexity index is 1510. The molecule has 0 heterocycles. The molecule has 0 rings (SSSR count). The van der Waals surface area contributed by atoms with Crippen molar-refractivity contribution in [2.45, 2.75) is 290 Å². The Kier molecular flexibility index (Phi) is 58.3. The molecule has 0 radical (unpaired) electrons. The molecule has 0 saturated heterocycles. The molecular formula is C68H114O6. The van der Waals surface area contributed by atoms with Crippen molar-refractivity contribution < 1.29 is 28.6 Å². The molecule has 74 heavy (non-hydrogen) atoms. The molecule has 0 amide bonds. The zero-order chi connectivity index (χ0) is 53.6. The minimum Gasteiger partial charge on any atom is -0.462 e. The Morgan fingerprint density at radius 2 is 0.541 bits per heavy atom. The van der Waals surface area contributed by atoms with Crippen LogP contribution in [0.15, 0.2) is 109 Å². The van der Waals surface area contributed by atoms with Crippen LogP contribution in [0.4, 0.5) is 0 Å². The summed E-state index contributed by atoms with van der Waals surface area (Å²) in [5.41, 5.74) is 0. The molecule has 0 fully saturated rings. The van der Waals surface area contributed by atoms with E-state index < -0.39 is 6.10 Å². The SMILES string of the molecule is CC/C=C\C/C=C\C/C=C\C/C=C\C/C=C\C/C=C\C/C=C\CCCCCCCCCC(=O)OCC(COC(=O)CCCCCCC/C=C\CCCC)OC(=O)CCCCCCC/C=C\CCCCCCCCC. The molecule has 0 bridgehead atoms. The summed E-state index contributed by atoms with van der Waals surface area (Å²) in [5, 5.41) is 0. The van der Waals surface area contributed by atoms with E-state index in [0.29, 0.717) is 19.3 Å². The van der Waals surface area contributed by atoms with Crippen molar-refractivity contribution in [3.05, 3.63) is 109 Å². The minimum absolute atomic E-state index is 0.0893. The smallest absolute Gasteiger partial charge is 0.306 e. The molecule has 0 aromatic rings. The van der Waals surface area contributed by atoms with Gasteiger partial charge in [-0.1, -0.05) is 252 Å². The molecule has 0 saturated carbocycles. The molecule has 0 aromatic carbocycles. The predicted octanol–water partition coefficient (Wildman–Crippen LogP) is 21.0. The van der Waals surface area contributed by atoms with Crippen molar-refractivity contribution in [1.29, 1.82) is 0 Å². The van der Waals surface area contributed by atoms with Crippen molar-refractivity contribution in [2.75, 3.05) is 13.2 Å². The second kappa shape index (κ2) is 61.6. The van der Waals surface area contributed by atoms with E-state index in [-0.39, 0.29) is 31.1 Å². The van der Waals surface area contributed by atoms with Crippen LogP contribution in [0.2, 0.25) is 0 Å². The van der Waals surface area contributed by atoms with Gasteiger partial charge in [0.05, 0.1) is 0 Å². The van der Waals surface area contributed by atoms with Gasteiger partial charge in [-0.2, -0.15) is 0 Å². The van der Waals surface area contributed by atoms with Crippen LogP contribution in [0.3, 0.4) is 0 Å². The molecule has 0 aliphatic rings. The van der Waals surface area contributed by atoms with Crippen molar-refractivity contribution in [3.63, 3.8) is 0 Å². The molecule has 0 N–H and O–H groups in total. The van der Waals surface area contributed by atoms with E-state index in [0.717, 1.165) is 128 Å². The third-order valence-electron chi connectivity index (χ3n) is 13.0. The van der Waals surface area contributed by atoms with Crippen LogP contribution < -0.4 is 0 Å². The van der Waals surface area contributed by atoms with Gasteiger partial charge in [-0.25, -0.2) is 0 Å². The van der Waals surface area contributed by atoms with E-state index in [1.165, 1.54) is 116 Å². The van der Waals surface area contributed by atoms with E-state index in [1.807, 2.05) is 0 Å². The highest BCUT2D eigenvalue weighted by atomic mass is 16.6. The number of rotatable bonds is 55. The number of hydrogen-bond acceptors (Lipinski definition) is 6. The van der Waals surface area contributed by atoms with Crippen LogP contribution in [-0.2, 0) is 28.6 Å². The molecule has 0 aliphatic carbocycles. The highest BCUT2D eigenvalue weighted by molar-refractivity contribution is 5.71. The second-order valence-corrected chi connectivity index (χ2v) is 20.2. The van der Waals surface area contributed by atoms with Crippen molar-refractivity contribution in [2.24, 2.45) is 0 Å². The Balaban J connectivity index is 4.30. The quantitative estimate of drug-likeness (QED) is 0.0261. The van der Waals surface area contributed by atoms with Gasteiger partial charge >= 0.3 is 17.9 Å². The number of unbranched alkanes of at least 4 members (excludes halogenated alkanes) is 26. The van der Waals surface area contributed by atoms with Crippen LogP contribution in [0.1, 0.15) is 284 Å². The summed E-state index contributed by atoms with van der Waals surface area (Å²) in [4.78, 5) is 38.2. The summed E-state index contributed by atoms with van der Waals surface area (Å²) in [6, 6.07) is 0. The van der Waals surface area contributed by atoms with Gasteiger partial charge in [-0.15, -0.1) is 0 Å². The van der Waals surface area contributed by atoms with Crippen LogP contribution in [0.5, 0.6) is 0 Å². The maximum absolute atomic E-state index is 12.9. The number of allylic oxidation sites excluding steroid dienone is 18. The van der Waals surface area contributed by atoms with Crippen LogP contribution in [0.25, 0.3) is 0 Å². The van der Waals surface area contributed by atoms with Gasteiger partial charge in [-0.05, 0) is 122 Å². The molecule has 1 atom stereocenters. The molecule has 6 heteroatoms. The Morgan fingerprint density at radius 1 is 0.284 bits per heavy atom. The fourth-order valence-corrected chi connectivity index (χ4v) is 8.34. The van der Waals surface area contributed by atoms with Crippen molar-refractivity contribution in [1.82, 2.24) is 0 Å².